The van der Waals surface area contributed by atoms with Crippen LogP contribution in [0.3, 0.4) is 0 Å². The summed E-state index contributed by atoms with van der Waals surface area (Å²) in [5.41, 5.74) is -0.0797. The summed E-state index contributed by atoms with van der Waals surface area (Å²) in [6, 6.07) is -1.46. The molecule has 2 fully saturated rings. The second-order valence-electron chi connectivity index (χ2n) is 15.1. The molecule has 23 heteroatoms. The number of anilines is 1. The molecule has 0 bridgehead atoms. The van der Waals surface area contributed by atoms with Gasteiger partial charge >= 0.3 is 0 Å². The number of aliphatic hydroxyl groups is 3. The van der Waals surface area contributed by atoms with Crippen LogP contribution in [0.4, 0.5) is 14.7 Å². The van der Waals surface area contributed by atoms with E-state index in [4.69, 9.17) is 26.6 Å². The molecule has 6 heterocycles. The number of aromatic nitrogens is 8. The fourth-order valence-corrected chi connectivity index (χ4v) is 8.64. The van der Waals surface area contributed by atoms with E-state index in [0.29, 0.717) is 30.8 Å². The van der Waals surface area contributed by atoms with Gasteiger partial charge in [0.05, 0.1) is 50.7 Å². The standard InChI is InChI=1S/C24H43FN7O4P.C12H15FN4O4.CH4O/c1-9-34-13-28-37(32(15(4)5)16(6)7)36-21-17(8)35-11-18(19(21)25)31-12-27-20-22(31)29-24(30-23(20)33)26-10-14(2)3;1-5-15-11-9(12(20)16-5)14-4-17(11)6-3-21-7(2-18)10(19)8(6)13;1-2/h12,14-19,21,28H,9-11,13H2,1-8H3,(H2,26,29,30,33);4,6-8,10,18-19H,2-3H2,1H3,(H,15,16,20);2H,1H3/i8D;;2T. The Balaban J connectivity index is 0.000000294. The van der Waals surface area contributed by atoms with Gasteiger partial charge in [-0.3, -0.25) is 14.6 Å². The maximum atomic E-state index is 16.4. The minimum absolute atomic E-state index is 0.00163. The number of aliphatic hydroxyl groups excluding tert-OH is 3. The van der Waals surface area contributed by atoms with Crippen LogP contribution in [0, 0.1) is 12.8 Å². The lowest BCUT2D eigenvalue weighted by molar-refractivity contribution is -0.148. The number of ether oxygens (including phenoxy) is 3. The van der Waals surface area contributed by atoms with E-state index in [1.165, 1.54) is 24.3 Å². The van der Waals surface area contributed by atoms with Crippen molar-refractivity contribution >= 4 is 36.7 Å². The number of imidazole rings is 2. The third-order valence-electron chi connectivity index (χ3n) is 9.64. The fraction of sp³-hybridized carbons (Fsp3) is 0.730. The van der Waals surface area contributed by atoms with Gasteiger partial charge < -0.3 is 53.5 Å². The van der Waals surface area contributed by atoms with Crippen LogP contribution in [-0.4, -0.2) is 156 Å². The zero-order valence-electron chi connectivity index (χ0n) is 37.5. The zero-order chi connectivity index (χ0) is 45.8. The lowest BCUT2D eigenvalue weighted by Crippen LogP contribution is -2.50. The van der Waals surface area contributed by atoms with Crippen LogP contribution in [0.25, 0.3) is 22.3 Å². The van der Waals surface area contributed by atoms with Gasteiger partial charge in [-0.1, -0.05) is 13.8 Å². The predicted octanol–water partition coefficient (Wildman–Crippen LogP) is 2.47. The first kappa shape index (κ1) is 45.9. The molecule has 0 spiro atoms. The van der Waals surface area contributed by atoms with Crippen LogP contribution >= 0.6 is 8.45 Å². The van der Waals surface area contributed by atoms with Crippen molar-refractivity contribution in [3.8, 4) is 0 Å². The zero-order valence-corrected chi connectivity index (χ0v) is 36.4. The Morgan fingerprint density at radius 3 is 2.18 bits per heavy atom. The van der Waals surface area contributed by atoms with Gasteiger partial charge in [-0.05, 0) is 54.4 Å². The van der Waals surface area contributed by atoms with Crippen LogP contribution in [0.5, 0.6) is 0 Å². The fourth-order valence-electron chi connectivity index (χ4n) is 6.77. The highest BCUT2D eigenvalue weighted by Gasteiger charge is 2.44. The molecule has 0 saturated carbocycles. The summed E-state index contributed by atoms with van der Waals surface area (Å²) in [7, 11) is -0.188. The molecule has 9 atom stereocenters. The lowest BCUT2D eigenvalue weighted by atomic mass is 9.99. The summed E-state index contributed by atoms with van der Waals surface area (Å²) < 4.78 is 72.7. The summed E-state index contributed by atoms with van der Waals surface area (Å²) in [5, 5.41) is 28.7. The molecule has 338 valence electrons. The van der Waals surface area contributed by atoms with Crippen LogP contribution < -0.4 is 21.5 Å². The first-order valence-electron chi connectivity index (χ1n) is 20.9. The molecule has 2 aliphatic heterocycles. The third-order valence-corrected chi connectivity index (χ3v) is 11.8. The molecule has 0 radical (unpaired) electrons. The number of nitrogens with zero attached hydrogens (tertiary/aromatic N) is 7. The minimum atomic E-state index is -1.66. The highest BCUT2D eigenvalue weighted by molar-refractivity contribution is 7.47. The number of fused-ring (bicyclic) bond motifs is 2. The lowest BCUT2D eigenvalue weighted by Gasteiger charge is -2.43. The Bertz CT molecular complexity index is 2090. The normalized spacial score (nSPS) is 25.6. The Morgan fingerprint density at radius 1 is 1.03 bits per heavy atom. The van der Waals surface area contributed by atoms with Gasteiger partial charge in [0.25, 0.3) is 11.1 Å². The Kier molecular flexibility index (Phi) is 17.2. The first-order chi connectivity index (χ1) is 29.5. The number of nitrogens with one attached hydrogen (secondary N) is 4. The van der Waals surface area contributed by atoms with Gasteiger partial charge in [0.15, 0.2) is 43.1 Å². The van der Waals surface area contributed by atoms with Crippen molar-refractivity contribution in [2.24, 2.45) is 5.92 Å². The van der Waals surface area contributed by atoms with Crippen molar-refractivity contribution in [3.63, 3.8) is 0 Å². The second kappa shape index (κ2) is 22.5. The van der Waals surface area contributed by atoms with E-state index in [0.717, 1.165) is 0 Å². The number of alkyl halides is 2. The molecule has 2 saturated heterocycles. The monoisotopic (exact) mass is 876 g/mol. The molecule has 20 nitrogen and oxygen atoms in total. The molecule has 60 heavy (non-hydrogen) atoms. The summed E-state index contributed by atoms with van der Waals surface area (Å²) in [6.45, 7) is 16.6. The largest absolute Gasteiger partial charge is 0.400 e. The van der Waals surface area contributed by atoms with E-state index >= 15 is 4.39 Å². The van der Waals surface area contributed by atoms with Gasteiger partial charge in [-0.25, -0.2) is 33.5 Å². The van der Waals surface area contributed by atoms with Crippen LogP contribution in [0.2, 0.25) is 0 Å². The van der Waals surface area contributed by atoms with Crippen LogP contribution in [0.15, 0.2) is 22.2 Å². The Morgan fingerprint density at radius 2 is 1.62 bits per heavy atom. The van der Waals surface area contributed by atoms with Crippen molar-refractivity contribution in [3.05, 3.63) is 39.2 Å². The SMILES string of the molecule is Cc1nc2c(ncn2C2COC(CO)C(O)C2F)c(=O)[nH]1.[2H]CC1OCC(n2cnc3c(=O)[nH]c(NCC(C)C)nc32)C(F)C1OP(NCOCC)N(C(C)C)C(C)C.[3H]OC. The van der Waals surface area contributed by atoms with E-state index in [-0.39, 0.29) is 61.3 Å². The van der Waals surface area contributed by atoms with Gasteiger partial charge in [0.2, 0.25) is 7.38 Å². The number of aryl methyl sites for hydroxylation is 1. The maximum absolute atomic E-state index is 16.4. The second-order valence-corrected chi connectivity index (χ2v) is 16.7. The van der Waals surface area contributed by atoms with Crippen molar-refractivity contribution in [1.29, 1.82) is 1.43 Å². The van der Waals surface area contributed by atoms with Gasteiger partial charge in [-0.15, -0.1) is 0 Å². The highest BCUT2D eigenvalue weighted by Crippen LogP contribution is 2.45. The average Bonchev–Trinajstić information content (AvgIpc) is 3.84. The maximum Gasteiger partial charge on any atom is 0.280 e. The van der Waals surface area contributed by atoms with E-state index in [1.54, 1.807) is 11.5 Å². The number of hydrogen-bond acceptors (Lipinski definition) is 16. The molecule has 9 unspecified atom stereocenters. The number of hydrogen-bond donors (Lipinski definition) is 7. The smallest absolute Gasteiger partial charge is 0.280 e. The van der Waals surface area contributed by atoms with Crippen molar-refractivity contribution in [1.82, 2.24) is 48.8 Å². The summed E-state index contributed by atoms with van der Waals surface area (Å²) in [6.07, 6.45) is -4.65. The molecular formula is C37H62F2N11O9P. The molecule has 4 aromatic heterocycles. The average molecular weight is 877 g/mol. The quantitative estimate of drug-likeness (QED) is 0.0515. The summed E-state index contributed by atoms with van der Waals surface area (Å²) >= 11 is 0. The molecule has 2 aliphatic rings. The molecule has 0 aromatic carbocycles. The van der Waals surface area contributed by atoms with E-state index in [9.17, 15) is 19.1 Å². The minimum Gasteiger partial charge on any atom is -0.400 e. The van der Waals surface area contributed by atoms with E-state index in [2.05, 4.69) is 77.8 Å². The molecular weight excluding hydrogens is 811 g/mol. The van der Waals surface area contributed by atoms with E-state index < -0.39 is 75.0 Å². The van der Waals surface area contributed by atoms with Crippen LogP contribution in [-0.2, 0) is 18.7 Å². The number of rotatable bonds is 15. The number of H-pyrrole nitrogens is 2. The molecule has 0 aliphatic carbocycles. The first-order valence-corrected chi connectivity index (χ1v) is 21.0. The van der Waals surface area contributed by atoms with Crippen molar-refractivity contribution in [2.75, 3.05) is 52.1 Å². The summed E-state index contributed by atoms with van der Waals surface area (Å²) in [4.78, 5) is 46.5. The predicted molar refractivity (Wildman–Crippen MR) is 222 cm³/mol. The Hall–Kier alpha value is -3.57. The molecule has 6 rings (SSSR count). The topological polar surface area (TPSA) is 252 Å². The number of aromatic amines is 2. The van der Waals surface area contributed by atoms with Gasteiger partial charge in [0.1, 0.15) is 30.9 Å². The molecule has 4 aromatic rings. The van der Waals surface area contributed by atoms with Gasteiger partial charge in [0, 0.05) is 33.7 Å². The molecule has 0 amide bonds. The summed E-state index contributed by atoms with van der Waals surface area (Å²) in [5.74, 6) is 1.02. The molecule has 7 N–H and O–H groups in total. The highest BCUT2D eigenvalue weighted by atomic mass is 31.2. The van der Waals surface area contributed by atoms with Crippen LogP contribution in [0.1, 0.15) is 74.6 Å². The van der Waals surface area contributed by atoms with Crippen molar-refractivity contribution in [2.45, 2.75) is 123 Å². The number of halogens is 2. The van der Waals surface area contributed by atoms with E-state index in [1.807, 2.05) is 20.8 Å². The third kappa shape index (κ3) is 11.5. The van der Waals surface area contributed by atoms with Gasteiger partial charge in [-0.2, -0.15) is 4.98 Å². The Labute approximate surface area is 351 Å². The van der Waals surface area contributed by atoms with Crippen molar-refractivity contribution < 1.29 is 44.2 Å².